The van der Waals surface area contributed by atoms with Crippen LogP contribution in [0.5, 0.6) is 0 Å². The van der Waals surface area contributed by atoms with Gasteiger partial charge in [-0.3, -0.25) is 4.98 Å². The molecule has 1 atom stereocenters. The normalized spacial score (nSPS) is 15.1. The minimum atomic E-state index is -0.450. The van der Waals surface area contributed by atoms with E-state index in [-0.39, 0.29) is 0 Å². The number of aryl methyl sites for hydroxylation is 2. The average Bonchev–Trinajstić information content (AvgIpc) is 2.95. The minimum absolute atomic E-state index is 0.450. The van der Waals surface area contributed by atoms with Crippen LogP contribution in [0.2, 0.25) is 0 Å². The molecule has 20 heavy (non-hydrogen) atoms. The summed E-state index contributed by atoms with van der Waals surface area (Å²) in [7, 11) is 0. The lowest BCUT2D eigenvalue weighted by Crippen LogP contribution is -1.97. The molecule has 1 N–H and O–H groups in total. The topological polar surface area (TPSA) is 33.1 Å². The number of rotatable bonds is 4. The van der Waals surface area contributed by atoms with E-state index in [0.29, 0.717) is 6.42 Å². The summed E-state index contributed by atoms with van der Waals surface area (Å²) in [5.74, 6) is 0. The lowest BCUT2D eigenvalue weighted by molar-refractivity contribution is 0.169. The van der Waals surface area contributed by atoms with Crippen molar-refractivity contribution in [3.05, 3.63) is 53.3 Å². The standard InChI is InChI=1S/C17H19NOS/c1-2-17(19)16-9-8-15(11-18-16)20-14-7-6-12-4-3-5-13(12)10-14/h6-11,17,19H,2-5H2,1H3/t17-/m1/s1. The number of aliphatic hydroxyl groups is 1. The molecule has 104 valence electrons. The molecule has 2 nitrogen and oxygen atoms in total. The number of aromatic nitrogens is 1. The van der Waals surface area contributed by atoms with Crippen LogP contribution in [-0.2, 0) is 12.8 Å². The third-order valence-electron chi connectivity index (χ3n) is 3.79. The summed E-state index contributed by atoms with van der Waals surface area (Å²) in [5.41, 5.74) is 3.76. The van der Waals surface area contributed by atoms with Gasteiger partial charge >= 0.3 is 0 Å². The summed E-state index contributed by atoms with van der Waals surface area (Å²) in [6, 6.07) is 10.7. The van der Waals surface area contributed by atoms with E-state index < -0.39 is 6.10 Å². The monoisotopic (exact) mass is 285 g/mol. The molecular weight excluding hydrogens is 266 g/mol. The van der Waals surface area contributed by atoms with E-state index in [1.807, 2.05) is 25.3 Å². The van der Waals surface area contributed by atoms with Gasteiger partial charge in [0.05, 0.1) is 11.8 Å². The van der Waals surface area contributed by atoms with Crippen molar-refractivity contribution in [3.63, 3.8) is 0 Å². The lowest BCUT2D eigenvalue weighted by atomic mass is 10.1. The zero-order valence-electron chi connectivity index (χ0n) is 11.7. The largest absolute Gasteiger partial charge is 0.387 e. The van der Waals surface area contributed by atoms with E-state index >= 15 is 0 Å². The first kappa shape index (κ1) is 13.7. The third-order valence-corrected chi connectivity index (χ3v) is 4.76. The van der Waals surface area contributed by atoms with Crippen LogP contribution in [0.25, 0.3) is 0 Å². The molecule has 0 saturated carbocycles. The highest BCUT2D eigenvalue weighted by atomic mass is 32.2. The maximum atomic E-state index is 9.75. The van der Waals surface area contributed by atoms with Crippen molar-refractivity contribution in [2.75, 3.05) is 0 Å². The van der Waals surface area contributed by atoms with Crippen LogP contribution in [0.3, 0.4) is 0 Å². The van der Waals surface area contributed by atoms with Gasteiger partial charge in [-0.25, -0.2) is 0 Å². The second kappa shape index (κ2) is 5.98. The predicted molar refractivity (Wildman–Crippen MR) is 82.1 cm³/mol. The second-order valence-electron chi connectivity index (χ2n) is 5.23. The highest BCUT2D eigenvalue weighted by molar-refractivity contribution is 7.99. The summed E-state index contributed by atoms with van der Waals surface area (Å²) >= 11 is 1.74. The molecule has 1 aliphatic rings. The summed E-state index contributed by atoms with van der Waals surface area (Å²) in [4.78, 5) is 6.74. The van der Waals surface area contributed by atoms with Gasteiger partial charge in [-0.15, -0.1) is 0 Å². The van der Waals surface area contributed by atoms with Crippen LogP contribution in [0.15, 0.2) is 46.3 Å². The van der Waals surface area contributed by atoms with E-state index in [9.17, 15) is 5.11 Å². The highest BCUT2D eigenvalue weighted by Gasteiger charge is 2.11. The van der Waals surface area contributed by atoms with Crippen molar-refractivity contribution in [2.24, 2.45) is 0 Å². The minimum Gasteiger partial charge on any atom is -0.387 e. The molecule has 0 aliphatic heterocycles. The summed E-state index contributed by atoms with van der Waals surface area (Å²) < 4.78 is 0. The first-order chi connectivity index (χ1) is 9.76. The molecule has 1 heterocycles. The maximum Gasteiger partial charge on any atom is 0.0957 e. The van der Waals surface area contributed by atoms with Gasteiger partial charge in [0.15, 0.2) is 0 Å². The molecule has 2 aromatic rings. The summed E-state index contributed by atoms with van der Waals surface area (Å²) in [6.07, 6.45) is 5.83. The van der Waals surface area contributed by atoms with Crippen LogP contribution in [0, 0.1) is 0 Å². The number of hydrogen-bond donors (Lipinski definition) is 1. The molecule has 1 aromatic heterocycles. The number of nitrogens with zero attached hydrogens (tertiary/aromatic N) is 1. The molecule has 0 bridgehead atoms. The maximum absolute atomic E-state index is 9.75. The number of benzene rings is 1. The smallest absolute Gasteiger partial charge is 0.0957 e. The van der Waals surface area contributed by atoms with Crippen molar-refractivity contribution >= 4 is 11.8 Å². The Kier molecular flexibility index (Phi) is 4.08. The Morgan fingerprint density at radius 3 is 2.70 bits per heavy atom. The Morgan fingerprint density at radius 2 is 1.95 bits per heavy atom. The average molecular weight is 285 g/mol. The molecule has 0 spiro atoms. The van der Waals surface area contributed by atoms with Gasteiger partial charge in [0.2, 0.25) is 0 Å². The van der Waals surface area contributed by atoms with Gasteiger partial charge in [-0.1, -0.05) is 24.8 Å². The van der Waals surface area contributed by atoms with E-state index in [1.165, 1.54) is 35.3 Å². The number of aliphatic hydroxyl groups excluding tert-OH is 1. The van der Waals surface area contributed by atoms with Gasteiger partial charge < -0.3 is 5.11 Å². The number of hydrogen-bond acceptors (Lipinski definition) is 3. The molecule has 0 saturated heterocycles. The third kappa shape index (κ3) is 2.89. The fourth-order valence-corrected chi connectivity index (χ4v) is 3.46. The first-order valence-electron chi connectivity index (χ1n) is 7.20. The van der Waals surface area contributed by atoms with Crippen molar-refractivity contribution in [1.82, 2.24) is 4.98 Å². The fraction of sp³-hybridized carbons (Fsp3) is 0.353. The van der Waals surface area contributed by atoms with Gasteiger partial charge in [0, 0.05) is 16.0 Å². The van der Waals surface area contributed by atoms with Crippen LogP contribution in [0.4, 0.5) is 0 Å². The molecule has 0 fully saturated rings. The van der Waals surface area contributed by atoms with Crippen LogP contribution in [0.1, 0.15) is 42.7 Å². The molecule has 3 rings (SSSR count). The predicted octanol–water partition coefficient (Wildman–Crippen LogP) is 4.16. The van der Waals surface area contributed by atoms with E-state index in [4.69, 9.17) is 0 Å². The first-order valence-corrected chi connectivity index (χ1v) is 8.01. The Bertz CT molecular complexity index is 594. The van der Waals surface area contributed by atoms with Gasteiger partial charge in [0.1, 0.15) is 0 Å². The molecular formula is C17H19NOS. The van der Waals surface area contributed by atoms with E-state index in [2.05, 4.69) is 23.2 Å². The molecule has 0 radical (unpaired) electrons. The fourth-order valence-electron chi connectivity index (χ4n) is 2.61. The van der Waals surface area contributed by atoms with E-state index in [1.54, 1.807) is 11.8 Å². The van der Waals surface area contributed by atoms with Crippen molar-refractivity contribution in [3.8, 4) is 0 Å². The number of pyridine rings is 1. The van der Waals surface area contributed by atoms with Crippen molar-refractivity contribution < 1.29 is 5.11 Å². The Labute approximate surface area is 124 Å². The molecule has 1 aromatic carbocycles. The summed E-state index contributed by atoms with van der Waals surface area (Å²) in [6.45, 7) is 1.96. The number of fused-ring (bicyclic) bond motifs is 1. The second-order valence-corrected chi connectivity index (χ2v) is 6.38. The zero-order valence-corrected chi connectivity index (χ0v) is 12.5. The van der Waals surface area contributed by atoms with Crippen LogP contribution >= 0.6 is 11.8 Å². The Morgan fingerprint density at radius 1 is 1.15 bits per heavy atom. The quantitative estimate of drug-likeness (QED) is 0.915. The van der Waals surface area contributed by atoms with Crippen LogP contribution < -0.4 is 0 Å². The summed E-state index contributed by atoms with van der Waals surface area (Å²) in [5, 5.41) is 9.75. The Balaban J connectivity index is 1.74. The Hall–Kier alpha value is -1.32. The van der Waals surface area contributed by atoms with E-state index in [0.717, 1.165) is 10.6 Å². The SMILES string of the molecule is CC[C@@H](O)c1ccc(Sc2ccc3c(c2)CCC3)cn1. The molecule has 0 amide bonds. The van der Waals surface area contributed by atoms with Crippen LogP contribution in [-0.4, -0.2) is 10.1 Å². The van der Waals surface area contributed by atoms with Gasteiger partial charge in [0.25, 0.3) is 0 Å². The zero-order chi connectivity index (χ0) is 13.9. The van der Waals surface area contributed by atoms with Crippen molar-refractivity contribution in [1.29, 1.82) is 0 Å². The van der Waals surface area contributed by atoms with Crippen molar-refractivity contribution in [2.45, 2.75) is 48.5 Å². The lowest BCUT2D eigenvalue weighted by Gasteiger charge is -2.08. The van der Waals surface area contributed by atoms with Gasteiger partial charge in [-0.05, 0) is 61.1 Å². The molecule has 0 unspecified atom stereocenters. The van der Waals surface area contributed by atoms with Gasteiger partial charge in [-0.2, -0.15) is 0 Å². The molecule has 1 aliphatic carbocycles. The molecule has 3 heteroatoms. The highest BCUT2D eigenvalue weighted by Crippen LogP contribution is 2.32.